The maximum absolute atomic E-state index is 3.73. The number of halogens is 2. The molecule has 0 saturated heterocycles. The zero-order valence-corrected chi connectivity index (χ0v) is 12.3. The summed E-state index contributed by atoms with van der Waals surface area (Å²) in [4.78, 5) is 3.07. The Labute approximate surface area is 108 Å². The maximum atomic E-state index is 3.73. The zero-order valence-electron chi connectivity index (χ0n) is 7.46. The van der Waals surface area contributed by atoms with Gasteiger partial charge in [-0.1, -0.05) is 22.0 Å². The number of aryl methyl sites for hydroxylation is 1. The van der Waals surface area contributed by atoms with Crippen molar-refractivity contribution in [2.75, 3.05) is 0 Å². The Hall–Kier alpha value is 0.360. The molecule has 0 fully saturated rings. The fraction of sp³-hybridized carbons (Fsp3) is 0.200. The van der Waals surface area contributed by atoms with Crippen LogP contribution in [0.5, 0.6) is 0 Å². The van der Waals surface area contributed by atoms with Crippen LogP contribution in [0.2, 0.25) is 0 Å². The molecule has 0 saturated carbocycles. The molecular formula is C10H8Br2S2. The number of alkyl halides is 1. The van der Waals surface area contributed by atoms with Crippen LogP contribution in [0.3, 0.4) is 0 Å². The summed E-state index contributed by atoms with van der Waals surface area (Å²) in [5.41, 5.74) is 1.37. The standard InChI is InChI=1S/C10H8Br2S2/c1-6-7(5-9(11)14-6)10(12)8-3-2-4-13-8/h2-5,10H,1H3. The molecule has 2 aromatic rings. The SMILES string of the molecule is Cc1sc(Br)cc1C(Br)c1cccs1. The van der Waals surface area contributed by atoms with Crippen molar-refractivity contribution in [1.82, 2.24) is 0 Å². The fourth-order valence-electron chi connectivity index (χ4n) is 1.30. The van der Waals surface area contributed by atoms with Gasteiger partial charge in [0.05, 0.1) is 8.61 Å². The average molecular weight is 352 g/mol. The molecule has 1 unspecified atom stereocenters. The first kappa shape index (κ1) is 10.9. The Morgan fingerprint density at radius 2 is 2.21 bits per heavy atom. The lowest BCUT2D eigenvalue weighted by Crippen LogP contribution is -1.88. The normalized spacial score (nSPS) is 13.1. The van der Waals surface area contributed by atoms with Crippen LogP contribution >= 0.6 is 54.5 Å². The highest BCUT2D eigenvalue weighted by molar-refractivity contribution is 9.11. The first-order valence-corrected chi connectivity index (χ1v) is 7.52. The van der Waals surface area contributed by atoms with Crippen molar-refractivity contribution < 1.29 is 0 Å². The van der Waals surface area contributed by atoms with Crippen LogP contribution in [0.4, 0.5) is 0 Å². The van der Waals surface area contributed by atoms with E-state index in [2.05, 4.69) is 62.4 Å². The summed E-state index contributed by atoms with van der Waals surface area (Å²) in [6.45, 7) is 2.16. The fourth-order valence-corrected chi connectivity index (χ4v) is 4.87. The van der Waals surface area contributed by atoms with Crippen molar-refractivity contribution in [3.05, 3.63) is 42.7 Å². The monoisotopic (exact) mass is 350 g/mol. The van der Waals surface area contributed by atoms with Crippen LogP contribution in [0.1, 0.15) is 20.1 Å². The van der Waals surface area contributed by atoms with Gasteiger partial charge in [0, 0.05) is 9.75 Å². The van der Waals surface area contributed by atoms with Crippen LogP contribution in [0.25, 0.3) is 0 Å². The van der Waals surface area contributed by atoms with E-state index in [0.29, 0.717) is 4.83 Å². The van der Waals surface area contributed by atoms with Gasteiger partial charge in [0.25, 0.3) is 0 Å². The predicted molar refractivity (Wildman–Crippen MR) is 71.8 cm³/mol. The summed E-state index contributed by atoms with van der Waals surface area (Å²) in [6, 6.07) is 6.44. The summed E-state index contributed by atoms with van der Waals surface area (Å²) in [7, 11) is 0. The first-order chi connectivity index (χ1) is 6.68. The minimum absolute atomic E-state index is 0.338. The molecule has 0 nitrogen and oxygen atoms in total. The van der Waals surface area contributed by atoms with E-state index in [4.69, 9.17) is 0 Å². The van der Waals surface area contributed by atoms with Crippen molar-refractivity contribution in [3.63, 3.8) is 0 Å². The highest BCUT2D eigenvalue weighted by Crippen LogP contribution is 2.39. The number of hydrogen-bond donors (Lipinski definition) is 0. The molecule has 0 aromatic carbocycles. The lowest BCUT2D eigenvalue weighted by atomic mass is 10.2. The van der Waals surface area contributed by atoms with Crippen molar-refractivity contribution in [1.29, 1.82) is 0 Å². The van der Waals surface area contributed by atoms with Crippen molar-refractivity contribution in [2.24, 2.45) is 0 Å². The van der Waals surface area contributed by atoms with Gasteiger partial charge in [0.1, 0.15) is 0 Å². The van der Waals surface area contributed by atoms with Gasteiger partial charge in [-0.05, 0) is 45.9 Å². The van der Waals surface area contributed by atoms with E-state index in [1.165, 1.54) is 19.1 Å². The minimum atomic E-state index is 0.338. The molecule has 0 radical (unpaired) electrons. The quantitative estimate of drug-likeness (QED) is 0.638. The van der Waals surface area contributed by atoms with Crippen molar-refractivity contribution in [2.45, 2.75) is 11.8 Å². The largest absolute Gasteiger partial charge is 0.147 e. The molecule has 2 rings (SSSR count). The van der Waals surface area contributed by atoms with E-state index in [1.807, 2.05) is 0 Å². The molecule has 0 bridgehead atoms. The second-order valence-corrected chi connectivity index (χ2v) is 7.47. The van der Waals surface area contributed by atoms with E-state index in [-0.39, 0.29) is 0 Å². The molecule has 0 N–H and O–H groups in total. The lowest BCUT2D eigenvalue weighted by molar-refractivity contribution is 1.21. The van der Waals surface area contributed by atoms with Gasteiger partial charge in [-0.15, -0.1) is 22.7 Å². The summed E-state index contributed by atoms with van der Waals surface area (Å²) < 4.78 is 1.20. The molecular weight excluding hydrogens is 344 g/mol. The van der Waals surface area contributed by atoms with Gasteiger partial charge in [0.2, 0.25) is 0 Å². The maximum Gasteiger partial charge on any atom is 0.0749 e. The number of hydrogen-bond acceptors (Lipinski definition) is 2. The van der Waals surface area contributed by atoms with Crippen LogP contribution in [0, 0.1) is 6.92 Å². The first-order valence-electron chi connectivity index (χ1n) is 4.12. The highest BCUT2D eigenvalue weighted by Gasteiger charge is 2.15. The van der Waals surface area contributed by atoms with E-state index >= 15 is 0 Å². The van der Waals surface area contributed by atoms with Crippen LogP contribution in [-0.4, -0.2) is 0 Å². The predicted octanol–water partition coefficient (Wildman–Crippen LogP) is 5.36. The van der Waals surface area contributed by atoms with E-state index in [0.717, 1.165) is 0 Å². The summed E-state index contributed by atoms with van der Waals surface area (Å²) >= 11 is 10.8. The molecule has 0 aliphatic heterocycles. The molecule has 74 valence electrons. The summed E-state index contributed by atoms with van der Waals surface area (Å²) in [5.74, 6) is 0. The summed E-state index contributed by atoms with van der Waals surface area (Å²) in [6.07, 6.45) is 0. The Balaban J connectivity index is 2.36. The lowest BCUT2D eigenvalue weighted by Gasteiger charge is -2.06. The number of rotatable bonds is 2. The van der Waals surface area contributed by atoms with E-state index in [1.54, 1.807) is 22.7 Å². The van der Waals surface area contributed by atoms with Crippen molar-refractivity contribution >= 4 is 54.5 Å². The topological polar surface area (TPSA) is 0 Å². The zero-order chi connectivity index (χ0) is 10.1. The number of thiophene rings is 2. The molecule has 1 atom stereocenters. The molecule has 0 aliphatic carbocycles. The second kappa shape index (κ2) is 4.47. The average Bonchev–Trinajstić information content (AvgIpc) is 2.73. The van der Waals surface area contributed by atoms with Gasteiger partial charge >= 0.3 is 0 Å². The Kier molecular flexibility index (Phi) is 3.47. The molecule has 0 spiro atoms. The third kappa shape index (κ3) is 2.13. The van der Waals surface area contributed by atoms with E-state index < -0.39 is 0 Å². The van der Waals surface area contributed by atoms with Gasteiger partial charge < -0.3 is 0 Å². The minimum Gasteiger partial charge on any atom is -0.147 e. The van der Waals surface area contributed by atoms with E-state index in [9.17, 15) is 0 Å². The third-order valence-electron chi connectivity index (χ3n) is 1.99. The highest BCUT2D eigenvalue weighted by atomic mass is 79.9. The Bertz CT molecular complexity index is 417. The third-order valence-corrected chi connectivity index (χ3v) is 5.79. The Morgan fingerprint density at radius 1 is 1.43 bits per heavy atom. The van der Waals surface area contributed by atoms with Gasteiger partial charge in [0.15, 0.2) is 0 Å². The molecule has 4 heteroatoms. The van der Waals surface area contributed by atoms with Crippen molar-refractivity contribution in [3.8, 4) is 0 Å². The summed E-state index contributed by atoms with van der Waals surface area (Å²) in [5, 5.41) is 2.11. The van der Waals surface area contributed by atoms with Gasteiger partial charge in [-0.25, -0.2) is 0 Å². The smallest absolute Gasteiger partial charge is 0.0749 e. The molecule has 2 aromatic heterocycles. The molecule has 14 heavy (non-hydrogen) atoms. The second-order valence-electron chi connectivity index (χ2n) is 2.94. The Morgan fingerprint density at radius 3 is 2.71 bits per heavy atom. The van der Waals surface area contributed by atoms with Gasteiger partial charge in [-0.2, -0.15) is 0 Å². The molecule has 0 amide bonds. The van der Waals surface area contributed by atoms with Crippen LogP contribution in [0.15, 0.2) is 27.4 Å². The van der Waals surface area contributed by atoms with Gasteiger partial charge in [-0.3, -0.25) is 0 Å². The van der Waals surface area contributed by atoms with Crippen LogP contribution in [-0.2, 0) is 0 Å². The molecule has 2 heterocycles. The van der Waals surface area contributed by atoms with Crippen LogP contribution < -0.4 is 0 Å². The molecule has 0 aliphatic rings.